The van der Waals surface area contributed by atoms with Crippen molar-refractivity contribution >= 4 is 28.5 Å². The van der Waals surface area contributed by atoms with Gasteiger partial charge in [-0.05, 0) is 49.0 Å². The predicted octanol–water partition coefficient (Wildman–Crippen LogP) is 2.30. The predicted molar refractivity (Wildman–Crippen MR) is 105 cm³/mol. The largest absolute Gasteiger partial charge is 0.366 e. The number of nitrogens with two attached hydrogens (primary N) is 1. The van der Waals surface area contributed by atoms with E-state index in [1.807, 2.05) is 11.8 Å². The Hall–Kier alpha value is -3.26. The quantitative estimate of drug-likeness (QED) is 0.555. The first-order valence-corrected chi connectivity index (χ1v) is 9.01. The molecule has 7 nitrogen and oxygen atoms in total. The highest BCUT2D eigenvalue weighted by Crippen LogP contribution is 2.13. The summed E-state index contributed by atoms with van der Waals surface area (Å²) in [5.41, 5.74) is 7.57. The molecule has 4 N–H and O–H groups in total. The third-order valence-corrected chi connectivity index (χ3v) is 4.43. The van der Waals surface area contributed by atoms with Crippen LogP contribution < -0.4 is 11.1 Å². The number of likely N-dealkylation sites (N-methyl/N-ethyl adjacent to an activating group) is 1. The molecule has 8 heteroatoms. The molecular weight excluding hydrogens is 361 g/mol. The summed E-state index contributed by atoms with van der Waals surface area (Å²) in [7, 11) is 0. The number of anilines is 1. The molecule has 28 heavy (non-hydrogen) atoms. The molecule has 0 aliphatic rings. The normalized spacial score (nSPS) is 11.1. The number of nitrogens with one attached hydrogen (secondary N) is 2. The minimum Gasteiger partial charge on any atom is -0.366 e. The number of fused-ring (bicyclic) bond motifs is 1. The van der Waals surface area contributed by atoms with Crippen molar-refractivity contribution in [1.82, 2.24) is 14.9 Å². The van der Waals surface area contributed by atoms with E-state index >= 15 is 0 Å². The van der Waals surface area contributed by atoms with Crippen molar-refractivity contribution in [3.8, 4) is 0 Å². The van der Waals surface area contributed by atoms with E-state index in [9.17, 15) is 14.0 Å². The van der Waals surface area contributed by atoms with Crippen LogP contribution in [0, 0.1) is 5.82 Å². The Balaban J connectivity index is 1.54. The second kappa shape index (κ2) is 8.62. The van der Waals surface area contributed by atoms with Gasteiger partial charge in [0.15, 0.2) is 0 Å². The van der Waals surface area contributed by atoms with Crippen LogP contribution in [-0.4, -0.2) is 46.3 Å². The Morgan fingerprint density at radius 2 is 1.96 bits per heavy atom. The SMILES string of the molecule is CCN(CCc1nc2ccc(F)cc2[nH]1)CC(=O)Nc1ccc(C(N)=O)cc1. The lowest BCUT2D eigenvalue weighted by atomic mass is 10.2. The number of benzene rings is 2. The van der Waals surface area contributed by atoms with Gasteiger partial charge in [-0.25, -0.2) is 9.37 Å². The third-order valence-electron chi connectivity index (χ3n) is 4.43. The van der Waals surface area contributed by atoms with Gasteiger partial charge in [-0.15, -0.1) is 0 Å². The monoisotopic (exact) mass is 383 g/mol. The van der Waals surface area contributed by atoms with Crippen molar-refractivity contribution < 1.29 is 14.0 Å². The highest BCUT2D eigenvalue weighted by molar-refractivity contribution is 5.95. The molecule has 0 radical (unpaired) electrons. The molecule has 3 aromatic rings. The molecule has 1 heterocycles. The summed E-state index contributed by atoms with van der Waals surface area (Å²) >= 11 is 0. The first kappa shape index (κ1) is 19.5. The van der Waals surface area contributed by atoms with E-state index in [1.54, 1.807) is 30.3 Å². The fourth-order valence-electron chi connectivity index (χ4n) is 2.89. The number of aromatic nitrogens is 2. The average molecular weight is 383 g/mol. The van der Waals surface area contributed by atoms with Gasteiger partial charge in [0.2, 0.25) is 11.8 Å². The summed E-state index contributed by atoms with van der Waals surface area (Å²) in [6.45, 7) is 3.53. The van der Waals surface area contributed by atoms with Gasteiger partial charge < -0.3 is 16.0 Å². The van der Waals surface area contributed by atoms with Gasteiger partial charge >= 0.3 is 0 Å². The number of carbonyl (C=O) groups excluding carboxylic acids is 2. The van der Waals surface area contributed by atoms with Crippen LogP contribution in [0.1, 0.15) is 23.1 Å². The Morgan fingerprint density at radius 3 is 2.64 bits per heavy atom. The molecule has 3 rings (SSSR count). The minimum absolute atomic E-state index is 0.152. The highest BCUT2D eigenvalue weighted by Gasteiger charge is 2.11. The molecule has 146 valence electrons. The van der Waals surface area contributed by atoms with Gasteiger partial charge in [-0.2, -0.15) is 0 Å². The van der Waals surface area contributed by atoms with E-state index < -0.39 is 5.91 Å². The second-order valence-corrected chi connectivity index (χ2v) is 6.45. The number of H-pyrrole nitrogens is 1. The smallest absolute Gasteiger partial charge is 0.248 e. The summed E-state index contributed by atoms with van der Waals surface area (Å²) in [6.07, 6.45) is 0.616. The number of carbonyl (C=O) groups is 2. The summed E-state index contributed by atoms with van der Waals surface area (Å²) in [5.74, 6) is -0.219. The van der Waals surface area contributed by atoms with E-state index in [0.29, 0.717) is 36.3 Å². The molecule has 2 amide bonds. The number of amides is 2. The number of primary amides is 1. The zero-order valence-corrected chi connectivity index (χ0v) is 15.5. The van der Waals surface area contributed by atoms with Crippen LogP contribution in [-0.2, 0) is 11.2 Å². The lowest BCUT2D eigenvalue weighted by Crippen LogP contribution is -2.34. The lowest BCUT2D eigenvalue weighted by molar-refractivity contribution is -0.117. The molecule has 1 aromatic heterocycles. The molecule has 0 aliphatic heterocycles. The van der Waals surface area contributed by atoms with Crippen molar-refractivity contribution in [3.05, 3.63) is 59.7 Å². The Bertz CT molecular complexity index is 984. The van der Waals surface area contributed by atoms with Crippen LogP contribution in [0.3, 0.4) is 0 Å². The molecule has 0 fully saturated rings. The Kier molecular flexibility index (Phi) is 6.00. The number of rotatable bonds is 8. The van der Waals surface area contributed by atoms with E-state index in [0.717, 1.165) is 11.3 Å². The molecule has 0 spiro atoms. The number of aromatic amines is 1. The molecule has 0 saturated carbocycles. The van der Waals surface area contributed by atoms with Gasteiger partial charge in [-0.1, -0.05) is 6.92 Å². The fraction of sp³-hybridized carbons (Fsp3) is 0.250. The molecule has 0 atom stereocenters. The number of nitrogens with zero attached hydrogens (tertiary/aromatic N) is 2. The lowest BCUT2D eigenvalue weighted by Gasteiger charge is -2.19. The zero-order valence-electron chi connectivity index (χ0n) is 15.5. The van der Waals surface area contributed by atoms with Gasteiger partial charge in [-0.3, -0.25) is 14.5 Å². The maximum atomic E-state index is 13.3. The maximum absolute atomic E-state index is 13.3. The number of hydrogen-bond donors (Lipinski definition) is 3. The van der Waals surface area contributed by atoms with Crippen LogP contribution in [0.5, 0.6) is 0 Å². The molecule has 2 aromatic carbocycles. The van der Waals surface area contributed by atoms with Crippen molar-refractivity contribution in [1.29, 1.82) is 0 Å². The van der Waals surface area contributed by atoms with Crippen molar-refractivity contribution in [2.45, 2.75) is 13.3 Å². The van der Waals surface area contributed by atoms with Crippen LogP contribution >= 0.6 is 0 Å². The number of imidazole rings is 1. The van der Waals surface area contributed by atoms with Crippen LogP contribution in [0.15, 0.2) is 42.5 Å². The van der Waals surface area contributed by atoms with E-state index in [1.165, 1.54) is 12.1 Å². The Morgan fingerprint density at radius 1 is 1.21 bits per heavy atom. The standard InChI is InChI=1S/C20H22FN5O2/c1-2-26(10-9-18-24-16-8-5-14(21)11-17(16)25-18)12-19(27)23-15-6-3-13(4-7-15)20(22)28/h3-8,11H,2,9-10,12H2,1H3,(H2,22,28)(H,23,27)(H,24,25). The molecular formula is C20H22FN5O2. The summed E-state index contributed by atoms with van der Waals surface area (Å²) in [4.78, 5) is 32.9. The summed E-state index contributed by atoms with van der Waals surface area (Å²) in [6, 6.07) is 10.9. The summed E-state index contributed by atoms with van der Waals surface area (Å²) in [5, 5.41) is 2.80. The van der Waals surface area contributed by atoms with E-state index in [4.69, 9.17) is 5.73 Å². The first-order valence-electron chi connectivity index (χ1n) is 9.01. The molecule has 0 unspecified atom stereocenters. The van der Waals surface area contributed by atoms with E-state index in [2.05, 4.69) is 15.3 Å². The van der Waals surface area contributed by atoms with Gasteiger partial charge in [0, 0.05) is 24.2 Å². The van der Waals surface area contributed by atoms with Crippen molar-refractivity contribution in [3.63, 3.8) is 0 Å². The number of halogens is 1. The van der Waals surface area contributed by atoms with Crippen LogP contribution in [0.4, 0.5) is 10.1 Å². The topological polar surface area (TPSA) is 104 Å². The third kappa shape index (κ3) is 4.92. The van der Waals surface area contributed by atoms with Crippen LogP contribution in [0.25, 0.3) is 11.0 Å². The van der Waals surface area contributed by atoms with Gasteiger partial charge in [0.05, 0.1) is 17.6 Å². The van der Waals surface area contributed by atoms with Crippen molar-refractivity contribution in [2.75, 3.05) is 25.0 Å². The maximum Gasteiger partial charge on any atom is 0.248 e. The van der Waals surface area contributed by atoms with E-state index in [-0.39, 0.29) is 18.3 Å². The van der Waals surface area contributed by atoms with Gasteiger partial charge in [0.25, 0.3) is 0 Å². The second-order valence-electron chi connectivity index (χ2n) is 6.45. The highest BCUT2D eigenvalue weighted by atomic mass is 19.1. The van der Waals surface area contributed by atoms with Gasteiger partial charge in [0.1, 0.15) is 11.6 Å². The Labute approximate surface area is 161 Å². The molecule has 0 bridgehead atoms. The summed E-state index contributed by atoms with van der Waals surface area (Å²) < 4.78 is 13.3. The number of hydrogen-bond acceptors (Lipinski definition) is 4. The molecule has 0 aliphatic carbocycles. The average Bonchev–Trinajstić information content (AvgIpc) is 3.07. The minimum atomic E-state index is -0.511. The fourth-order valence-corrected chi connectivity index (χ4v) is 2.89. The van der Waals surface area contributed by atoms with Crippen LogP contribution in [0.2, 0.25) is 0 Å². The first-order chi connectivity index (χ1) is 13.4. The molecule has 0 saturated heterocycles. The van der Waals surface area contributed by atoms with Crippen molar-refractivity contribution in [2.24, 2.45) is 5.73 Å². The zero-order chi connectivity index (χ0) is 20.1.